The number of halogens is 3. The Morgan fingerprint density at radius 3 is 2.15 bits per heavy atom. The molecule has 0 saturated heterocycles. The van der Waals surface area contributed by atoms with Crippen LogP contribution in [0.1, 0.15) is 29.2 Å². The maximum Gasteiger partial charge on any atom is 0.471 e. The second-order valence-electron chi connectivity index (χ2n) is 6.91. The first kappa shape index (κ1) is 28.1. The van der Waals surface area contributed by atoms with Crippen LogP contribution >= 0.6 is 0 Å². The number of amidine groups is 1. The number of oxime groups is 1. The molecule has 0 heterocycles. The van der Waals surface area contributed by atoms with Gasteiger partial charge >= 0.3 is 18.1 Å². The van der Waals surface area contributed by atoms with Gasteiger partial charge in [-0.25, -0.2) is 4.79 Å². The molecule has 2 rings (SSSR count). The van der Waals surface area contributed by atoms with Crippen LogP contribution in [0.3, 0.4) is 0 Å². The zero-order valence-corrected chi connectivity index (χ0v) is 18.6. The Morgan fingerprint density at radius 2 is 1.62 bits per heavy atom. The van der Waals surface area contributed by atoms with Crippen molar-refractivity contribution in [2.75, 3.05) is 6.54 Å². The summed E-state index contributed by atoms with van der Waals surface area (Å²) in [6, 6.07) is 13.9. The Labute approximate surface area is 194 Å². The number of carbonyl (C=O) groups is 3. The van der Waals surface area contributed by atoms with Crippen LogP contribution < -0.4 is 22.1 Å². The van der Waals surface area contributed by atoms with Gasteiger partial charge in [0.05, 0.1) is 6.54 Å². The van der Waals surface area contributed by atoms with Gasteiger partial charge in [-0.3, -0.25) is 9.59 Å². The van der Waals surface area contributed by atoms with Crippen LogP contribution in [-0.2, 0) is 32.3 Å². The molecule has 0 radical (unpaired) electrons. The number of nitrogens with two attached hydrogens (primary N) is 2. The first-order valence-electron chi connectivity index (χ1n) is 9.90. The third-order valence-corrected chi connectivity index (χ3v) is 3.99. The molecule has 0 unspecified atom stereocenters. The standard InChI is InChI=1S/C12H16N4O3.C10H10F3NO/c1-8(17)19-16-12(14)10-4-2-9(3-5-10)7-15-11(18)6-13;1-7-3-2-4-8(5-7)6-14-9(15)10(11,12)13/h2-5H,6-7,13H2,1H3,(H2,14,16)(H,15,18);2-5H,6H2,1H3,(H,14,15). The maximum absolute atomic E-state index is 11.8. The van der Waals surface area contributed by atoms with Gasteiger partial charge in [-0.05, 0) is 18.1 Å². The van der Waals surface area contributed by atoms with Crippen molar-refractivity contribution in [1.82, 2.24) is 10.6 Å². The van der Waals surface area contributed by atoms with Gasteiger partial charge in [-0.1, -0.05) is 59.3 Å². The lowest BCUT2D eigenvalue weighted by Gasteiger charge is -2.08. The second kappa shape index (κ2) is 13.6. The highest BCUT2D eigenvalue weighted by Crippen LogP contribution is 2.14. The van der Waals surface area contributed by atoms with Crippen LogP contribution in [-0.4, -0.2) is 36.3 Å². The zero-order chi connectivity index (χ0) is 25.7. The number of rotatable bonds is 7. The molecule has 0 aromatic heterocycles. The predicted octanol–water partition coefficient (Wildman–Crippen LogP) is 1.62. The summed E-state index contributed by atoms with van der Waals surface area (Å²) in [6.07, 6.45) is -4.82. The van der Waals surface area contributed by atoms with E-state index in [1.165, 1.54) is 6.92 Å². The van der Waals surface area contributed by atoms with Gasteiger partial charge in [0.1, 0.15) is 0 Å². The van der Waals surface area contributed by atoms with E-state index < -0.39 is 18.1 Å². The van der Waals surface area contributed by atoms with E-state index in [2.05, 4.69) is 15.3 Å². The van der Waals surface area contributed by atoms with Crippen molar-refractivity contribution in [3.8, 4) is 0 Å². The highest BCUT2D eigenvalue weighted by atomic mass is 19.4. The summed E-state index contributed by atoms with van der Waals surface area (Å²) in [7, 11) is 0. The van der Waals surface area contributed by atoms with Crippen molar-refractivity contribution in [3.05, 3.63) is 70.8 Å². The molecule has 34 heavy (non-hydrogen) atoms. The van der Waals surface area contributed by atoms with Crippen molar-refractivity contribution >= 4 is 23.6 Å². The SMILES string of the molecule is CC(=O)O/N=C(\N)c1ccc(CNC(=O)CN)cc1.Cc1cccc(CNC(=O)C(F)(F)F)c1. The van der Waals surface area contributed by atoms with Crippen molar-refractivity contribution in [2.45, 2.75) is 33.1 Å². The highest BCUT2D eigenvalue weighted by Gasteiger charge is 2.38. The van der Waals surface area contributed by atoms with E-state index in [-0.39, 0.29) is 24.8 Å². The molecule has 9 nitrogen and oxygen atoms in total. The van der Waals surface area contributed by atoms with Crippen molar-refractivity contribution < 1.29 is 32.4 Å². The molecular formula is C22H26F3N5O4. The average molecular weight is 481 g/mol. The Bertz CT molecular complexity index is 1010. The van der Waals surface area contributed by atoms with Crippen LogP contribution in [0.25, 0.3) is 0 Å². The molecule has 0 aliphatic heterocycles. The predicted molar refractivity (Wildman–Crippen MR) is 119 cm³/mol. The fraction of sp³-hybridized carbons (Fsp3) is 0.273. The molecule has 0 spiro atoms. The van der Waals surface area contributed by atoms with Crippen LogP contribution in [0.15, 0.2) is 53.7 Å². The Balaban J connectivity index is 0.000000350. The van der Waals surface area contributed by atoms with Gasteiger partial charge in [0.25, 0.3) is 0 Å². The molecular weight excluding hydrogens is 455 g/mol. The van der Waals surface area contributed by atoms with Crippen LogP contribution in [0.5, 0.6) is 0 Å². The zero-order valence-electron chi connectivity index (χ0n) is 18.6. The van der Waals surface area contributed by atoms with E-state index >= 15 is 0 Å². The first-order valence-corrected chi connectivity index (χ1v) is 9.90. The van der Waals surface area contributed by atoms with Crippen LogP contribution in [0, 0.1) is 6.92 Å². The third-order valence-electron chi connectivity index (χ3n) is 3.99. The number of carbonyl (C=O) groups excluding carboxylic acids is 3. The number of benzene rings is 2. The molecule has 2 aromatic carbocycles. The van der Waals surface area contributed by atoms with Crippen molar-refractivity contribution in [3.63, 3.8) is 0 Å². The lowest BCUT2D eigenvalue weighted by Crippen LogP contribution is -2.36. The Morgan fingerprint density at radius 1 is 1.00 bits per heavy atom. The lowest BCUT2D eigenvalue weighted by molar-refractivity contribution is -0.173. The number of alkyl halides is 3. The summed E-state index contributed by atoms with van der Waals surface area (Å²) in [5.41, 5.74) is 13.9. The number of hydrogen-bond donors (Lipinski definition) is 4. The number of amides is 2. The molecule has 0 saturated carbocycles. The van der Waals surface area contributed by atoms with Gasteiger partial charge in [-0.15, -0.1) is 0 Å². The highest BCUT2D eigenvalue weighted by molar-refractivity contribution is 5.97. The van der Waals surface area contributed by atoms with E-state index in [1.54, 1.807) is 47.8 Å². The van der Waals surface area contributed by atoms with Crippen LogP contribution in [0.4, 0.5) is 13.2 Å². The van der Waals surface area contributed by atoms with Crippen molar-refractivity contribution in [2.24, 2.45) is 16.6 Å². The van der Waals surface area contributed by atoms with Crippen LogP contribution in [0.2, 0.25) is 0 Å². The molecule has 0 aliphatic rings. The molecule has 0 fully saturated rings. The number of nitrogens with zero attached hydrogens (tertiary/aromatic N) is 1. The van der Waals surface area contributed by atoms with E-state index in [0.29, 0.717) is 17.7 Å². The van der Waals surface area contributed by atoms with E-state index in [0.717, 1.165) is 11.1 Å². The van der Waals surface area contributed by atoms with Gasteiger partial charge < -0.3 is 26.9 Å². The smallest absolute Gasteiger partial charge is 0.380 e. The Kier molecular flexibility index (Phi) is 11.2. The minimum Gasteiger partial charge on any atom is -0.380 e. The molecule has 2 amide bonds. The molecule has 184 valence electrons. The average Bonchev–Trinajstić information content (AvgIpc) is 2.79. The van der Waals surface area contributed by atoms with Gasteiger partial charge in [0.2, 0.25) is 5.91 Å². The molecule has 6 N–H and O–H groups in total. The molecule has 0 bridgehead atoms. The minimum atomic E-state index is -4.82. The van der Waals surface area contributed by atoms with E-state index in [4.69, 9.17) is 11.5 Å². The van der Waals surface area contributed by atoms with E-state index in [1.807, 2.05) is 13.0 Å². The van der Waals surface area contributed by atoms with Gasteiger partial charge in [-0.2, -0.15) is 13.2 Å². The summed E-state index contributed by atoms with van der Waals surface area (Å²) >= 11 is 0. The summed E-state index contributed by atoms with van der Waals surface area (Å²) in [5, 5.41) is 7.91. The number of aryl methyl sites for hydroxylation is 1. The van der Waals surface area contributed by atoms with E-state index in [9.17, 15) is 27.6 Å². The minimum absolute atomic E-state index is 0.0416. The topological polar surface area (TPSA) is 149 Å². The van der Waals surface area contributed by atoms with Gasteiger partial charge in [0.15, 0.2) is 5.84 Å². The van der Waals surface area contributed by atoms with Gasteiger partial charge in [0, 0.05) is 25.6 Å². The summed E-state index contributed by atoms with van der Waals surface area (Å²) in [4.78, 5) is 36.5. The Hall–Kier alpha value is -3.93. The first-order chi connectivity index (χ1) is 15.9. The number of nitrogens with one attached hydrogen (secondary N) is 2. The molecule has 0 atom stereocenters. The third kappa shape index (κ3) is 11.1. The van der Waals surface area contributed by atoms with Crippen molar-refractivity contribution in [1.29, 1.82) is 0 Å². The fourth-order valence-electron chi connectivity index (χ4n) is 2.34. The summed E-state index contributed by atoms with van der Waals surface area (Å²) in [5.74, 6) is -2.57. The lowest BCUT2D eigenvalue weighted by atomic mass is 10.1. The summed E-state index contributed by atoms with van der Waals surface area (Å²) < 4.78 is 35.5. The quantitative estimate of drug-likeness (QED) is 0.204. The number of hydrogen-bond acceptors (Lipinski definition) is 6. The monoisotopic (exact) mass is 481 g/mol. The second-order valence-corrected chi connectivity index (χ2v) is 6.91. The fourth-order valence-corrected chi connectivity index (χ4v) is 2.34. The normalized spacial score (nSPS) is 11.1. The molecule has 12 heteroatoms. The molecule has 2 aromatic rings. The maximum atomic E-state index is 11.8. The molecule has 0 aliphatic carbocycles. The largest absolute Gasteiger partial charge is 0.471 e. The summed E-state index contributed by atoms with van der Waals surface area (Å²) in [6.45, 7) is 3.30.